The number of amides is 1. The third-order valence-electron chi connectivity index (χ3n) is 4.73. The lowest BCUT2D eigenvalue weighted by Gasteiger charge is -2.08. The van der Waals surface area contributed by atoms with Gasteiger partial charge in [-0.2, -0.15) is 4.99 Å². The first-order valence-electron chi connectivity index (χ1n) is 9.31. The Balaban J connectivity index is 1.90. The second kappa shape index (κ2) is 8.47. The Hall–Kier alpha value is -3.51. The Bertz CT molecular complexity index is 1260. The fourth-order valence-corrected chi connectivity index (χ4v) is 4.34. The van der Waals surface area contributed by atoms with Crippen LogP contribution < -0.4 is 9.54 Å². The van der Waals surface area contributed by atoms with Crippen molar-refractivity contribution >= 4 is 17.2 Å². The van der Waals surface area contributed by atoms with Crippen LogP contribution in [0.25, 0.3) is 21.7 Å². The first-order chi connectivity index (χ1) is 14.6. The number of thiazole rings is 1. The molecule has 0 saturated heterocycles. The smallest absolute Gasteiger partial charge is 0.282 e. The van der Waals surface area contributed by atoms with Crippen molar-refractivity contribution in [2.24, 2.45) is 12.0 Å². The minimum atomic E-state index is -0.606. The van der Waals surface area contributed by atoms with Crippen molar-refractivity contribution in [3.63, 3.8) is 0 Å². The predicted molar refractivity (Wildman–Crippen MR) is 117 cm³/mol. The van der Waals surface area contributed by atoms with E-state index < -0.39 is 11.7 Å². The van der Waals surface area contributed by atoms with Crippen LogP contribution in [0.2, 0.25) is 0 Å². The number of carbonyl (C=O) groups is 1. The highest BCUT2D eigenvalue weighted by Gasteiger charge is 2.17. The van der Waals surface area contributed by atoms with Crippen LogP contribution in [0.5, 0.6) is 5.75 Å². The third-order valence-corrected chi connectivity index (χ3v) is 5.91. The molecule has 1 aromatic heterocycles. The Labute approximate surface area is 177 Å². The highest BCUT2D eigenvalue weighted by Crippen LogP contribution is 2.34. The van der Waals surface area contributed by atoms with Gasteiger partial charge in [-0.3, -0.25) is 4.79 Å². The predicted octanol–water partition coefficient (Wildman–Crippen LogP) is 5.31. The molecule has 0 aliphatic heterocycles. The molecule has 1 amide bonds. The zero-order valence-corrected chi connectivity index (χ0v) is 17.3. The van der Waals surface area contributed by atoms with Gasteiger partial charge in [0.15, 0.2) is 4.80 Å². The number of carbonyl (C=O) groups excluding carboxylic acids is 1. The normalized spacial score (nSPS) is 11.5. The molecule has 0 N–H and O–H groups in total. The maximum absolute atomic E-state index is 14.0. The lowest BCUT2D eigenvalue weighted by molar-refractivity contribution is 0.0994. The van der Waals surface area contributed by atoms with Gasteiger partial charge in [0.1, 0.15) is 11.6 Å². The molecule has 0 atom stereocenters. The molecule has 0 bridgehead atoms. The molecule has 3 aromatic carbocycles. The molecule has 1 heterocycles. The summed E-state index contributed by atoms with van der Waals surface area (Å²) in [6.07, 6.45) is 0. The van der Waals surface area contributed by atoms with Gasteiger partial charge in [-0.25, -0.2) is 4.39 Å². The van der Waals surface area contributed by atoms with Crippen molar-refractivity contribution in [1.82, 2.24) is 4.57 Å². The van der Waals surface area contributed by atoms with E-state index in [1.54, 1.807) is 19.2 Å². The number of halogens is 1. The van der Waals surface area contributed by atoms with E-state index in [1.165, 1.54) is 23.5 Å². The van der Waals surface area contributed by atoms with Gasteiger partial charge in [0.05, 0.1) is 23.2 Å². The van der Waals surface area contributed by atoms with Crippen LogP contribution in [0.1, 0.15) is 10.4 Å². The number of methoxy groups -OCH3 is 1. The molecule has 0 radical (unpaired) electrons. The summed E-state index contributed by atoms with van der Waals surface area (Å²) in [5.41, 5.74) is 2.86. The Morgan fingerprint density at radius 3 is 2.27 bits per heavy atom. The summed E-state index contributed by atoms with van der Waals surface area (Å²) < 4.78 is 21.2. The van der Waals surface area contributed by atoms with Gasteiger partial charge in [0.2, 0.25) is 0 Å². The molecule has 0 fully saturated rings. The van der Waals surface area contributed by atoms with Gasteiger partial charge < -0.3 is 9.30 Å². The molecule has 4 nitrogen and oxygen atoms in total. The second-order valence-electron chi connectivity index (χ2n) is 6.61. The molecule has 4 aromatic rings. The molecule has 0 saturated carbocycles. The van der Waals surface area contributed by atoms with Crippen molar-refractivity contribution in [2.75, 3.05) is 7.11 Å². The number of hydrogen-bond donors (Lipinski definition) is 0. The van der Waals surface area contributed by atoms with E-state index in [0.717, 1.165) is 27.4 Å². The van der Waals surface area contributed by atoms with Crippen molar-refractivity contribution in [1.29, 1.82) is 0 Å². The van der Waals surface area contributed by atoms with E-state index in [1.807, 2.05) is 66.2 Å². The highest BCUT2D eigenvalue weighted by atomic mass is 32.1. The lowest BCUT2D eigenvalue weighted by atomic mass is 10.1. The van der Waals surface area contributed by atoms with Crippen molar-refractivity contribution in [3.8, 4) is 27.4 Å². The van der Waals surface area contributed by atoms with E-state index in [0.29, 0.717) is 4.80 Å². The quantitative estimate of drug-likeness (QED) is 0.451. The second-order valence-corrected chi connectivity index (χ2v) is 7.59. The van der Waals surface area contributed by atoms with E-state index in [9.17, 15) is 9.18 Å². The van der Waals surface area contributed by atoms with Crippen LogP contribution in [-0.2, 0) is 7.05 Å². The van der Waals surface area contributed by atoms with E-state index in [4.69, 9.17) is 4.74 Å². The average Bonchev–Trinajstić information content (AvgIpc) is 3.10. The average molecular weight is 418 g/mol. The largest absolute Gasteiger partial charge is 0.497 e. The van der Waals surface area contributed by atoms with E-state index in [-0.39, 0.29) is 5.56 Å². The van der Waals surface area contributed by atoms with Crippen molar-refractivity contribution in [3.05, 3.63) is 95.0 Å². The Morgan fingerprint density at radius 1 is 0.933 bits per heavy atom. The zero-order valence-electron chi connectivity index (χ0n) is 16.5. The molecule has 6 heteroatoms. The maximum Gasteiger partial charge on any atom is 0.282 e. The number of benzene rings is 3. The summed E-state index contributed by atoms with van der Waals surface area (Å²) in [7, 11) is 3.48. The molecule has 0 spiro atoms. The minimum Gasteiger partial charge on any atom is -0.497 e. The topological polar surface area (TPSA) is 43.6 Å². The van der Waals surface area contributed by atoms with Gasteiger partial charge in [-0.15, -0.1) is 0 Å². The van der Waals surface area contributed by atoms with Crippen LogP contribution in [-0.4, -0.2) is 17.6 Å². The van der Waals surface area contributed by atoms with Gasteiger partial charge in [-0.1, -0.05) is 53.8 Å². The number of rotatable bonds is 4. The minimum absolute atomic E-state index is 0.0434. The number of ether oxygens (including phenoxy) is 1. The van der Waals surface area contributed by atoms with Crippen LogP contribution in [0, 0.1) is 5.82 Å². The molecular weight excluding hydrogens is 399 g/mol. The van der Waals surface area contributed by atoms with Crippen LogP contribution >= 0.6 is 11.3 Å². The summed E-state index contributed by atoms with van der Waals surface area (Å²) in [6.45, 7) is 0. The van der Waals surface area contributed by atoms with Gasteiger partial charge in [0.25, 0.3) is 5.91 Å². The van der Waals surface area contributed by atoms with E-state index in [2.05, 4.69) is 4.99 Å². The fourth-order valence-electron chi connectivity index (χ4n) is 3.19. The molecular formula is C24H19FN2O2S. The molecule has 0 aliphatic carbocycles. The van der Waals surface area contributed by atoms with Crippen LogP contribution in [0.4, 0.5) is 4.39 Å². The SMILES string of the molecule is COc1ccc(-c2c(-c3ccccc3)sc(=NC(=O)c3ccccc3F)n2C)cc1. The zero-order chi connectivity index (χ0) is 21.1. The van der Waals surface area contributed by atoms with Crippen LogP contribution in [0.3, 0.4) is 0 Å². The first kappa shape index (κ1) is 19.8. The first-order valence-corrected chi connectivity index (χ1v) is 10.1. The van der Waals surface area contributed by atoms with Gasteiger partial charge in [-0.05, 0) is 47.5 Å². The van der Waals surface area contributed by atoms with Gasteiger partial charge in [0, 0.05) is 7.05 Å². The van der Waals surface area contributed by atoms with Crippen molar-refractivity contribution in [2.45, 2.75) is 0 Å². The standard InChI is InChI=1S/C24H19FN2O2S/c1-27-21(16-12-14-18(29-2)15-13-16)22(17-8-4-3-5-9-17)30-24(27)26-23(28)19-10-6-7-11-20(19)25/h3-15H,1-2H3. The Morgan fingerprint density at radius 2 is 1.60 bits per heavy atom. The number of hydrogen-bond acceptors (Lipinski definition) is 3. The monoisotopic (exact) mass is 418 g/mol. The summed E-state index contributed by atoms with van der Waals surface area (Å²) in [5.74, 6) is -0.424. The molecule has 4 rings (SSSR count). The summed E-state index contributed by atoms with van der Waals surface area (Å²) in [5, 5.41) is 0. The maximum atomic E-state index is 14.0. The lowest BCUT2D eigenvalue weighted by Crippen LogP contribution is -2.15. The molecule has 0 unspecified atom stereocenters. The van der Waals surface area contributed by atoms with Gasteiger partial charge >= 0.3 is 0 Å². The molecule has 0 aliphatic rings. The number of aromatic nitrogens is 1. The van der Waals surface area contributed by atoms with Crippen molar-refractivity contribution < 1.29 is 13.9 Å². The summed E-state index contributed by atoms with van der Waals surface area (Å²) in [6, 6.07) is 23.5. The number of nitrogens with zero attached hydrogens (tertiary/aromatic N) is 2. The highest BCUT2D eigenvalue weighted by molar-refractivity contribution is 7.13. The molecule has 30 heavy (non-hydrogen) atoms. The Kier molecular flexibility index (Phi) is 5.59. The third kappa shape index (κ3) is 3.82. The van der Waals surface area contributed by atoms with Crippen LogP contribution in [0.15, 0.2) is 83.9 Å². The summed E-state index contributed by atoms with van der Waals surface area (Å²) in [4.78, 5) is 18.3. The molecule has 150 valence electrons. The summed E-state index contributed by atoms with van der Waals surface area (Å²) >= 11 is 1.39. The van der Waals surface area contributed by atoms with E-state index >= 15 is 0 Å². The fraction of sp³-hybridized carbons (Fsp3) is 0.0833.